The normalized spacial score (nSPS) is 25.6. The van der Waals surface area contributed by atoms with Crippen molar-refractivity contribution in [3.8, 4) is 0 Å². The number of hydrogen-bond donors (Lipinski definition) is 0. The number of carbonyl (C=O) groups is 4. The molecule has 216 valence electrons. The molecule has 0 N–H and O–H groups in total. The minimum absolute atomic E-state index is 0.0482. The second-order valence-electron chi connectivity index (χ2n) is 10.1. The molecular weight excluding hydrogens is 506 g/mol. The summed E-state index contributed by atoms with van der Waals surface area (Å²) < 4.78 is 0. The third kappa shape index (κ3) is 11.7. The molecule has 1 saturated carbocycles. The molecule has 0 amide bonds. The van der Waals surface area contributed by atoms with Crippen LogP contribution in [0, 0.1) is 16.0 Å². The molecular formula is C23H35N5O10-4. The van der Waals surface area contributed by atoms with Gasteiger partial charge in [-0.05, 0) is 25.2 Å². The maximum absolute atomic E-state index is 11.6. The van der Waals surface area contributed by atoms with Crippen LogP contribution in [0.15, 0.2) is 0 Å². The first-order valence-electron chi connectivity index (χ1n) is 12.8. The summed E-state index contributed by atoms with van der Waals surface area (Å²) in [5.74, 6) is -5.32. The molecule has 1 aliphatic heterocycles. The van der Waals surface area contributed by atoms with Crippen LogP contribution in [0.2, 0.25) is 0 Å². The van der Waals surface area contributed by atoms with Crippen molar-refractivity contribution < 1.29 is 44.5 Å². The van der Waals surface area contributed by atoms with Crippen molar-refractivity contribution >= 4 is 23.9 Å². The minimum Gasteiger partial charge on any atom is -0.549 e. The van der Waals surface area contributed by atoms with E-state index in [0.717, 1.165) is 0 Å². The summed E-state index contributed by atoms with van der Waals surface area (Å²) in [5.41, 5.74) is 0. The van der Waals surface area contributed by atoms with Gasteiger partial charge in [-0.25, -0.2) is 0 Å². The molecule has 1 atom stereocenters. The summed E-state index contributed by atoms with van der Waals surface area (Å²) in [6.07, 6.45) is 2.37. The summed E-state index contributed by atoms with van der Waals surface area (Å²) in [5, 5.41) is 56.8. The Morgan fingerprint density at radius 2 is 1.05 bits per heavy atom. The predicted octanol–water partition coefficient (Wildman–Crippen LogP) is -6.20. The number of rotatable bonds is 11. The maximum atomic E-state index is 11.6. The lowest BCUT2D eigenvalue weighted by Gasteiger charge is -2.41. The highest BCUT2D eigenvalue weighted by molar-refractivity contribution is 5.68. The predicted molar refractivity (Wildman–Crippen MR) is 122 cm³/mol. The van der Waals surface area contributed by atoms with E-state index in [1.54, 1.807) is 9.80 Å². The van der Waals surface area contributed by atoms with E-state index in [4.69, 9.17) is 0 Å². The molecule has 1 unspecified atom stereocenters. The van der Waals surface area contributed by atoms with Crippen LogP contribution in [-0.2, 0) is 19.2 Å². The second kappa shape index (κ2) is 15.5. The highest BCUT2D eigenvalue weighted by Gasteiger charge is 2.32. The van der Waals surface area contributed by atoms with Crippen molar-refractivity contribution in [2.45, 2.75) is 44.2 Å². The van der Waals surface area contributed by atoms with Gasteiger partial charge < -0.3 is 39.6 Å². The van der Waals surface area contributed by atoms with E-state index in [0.29, 0.717) is 32.1 Å². The zero-order valence-electron chi connectivity index (χ0n) is 21.4. The fraction of sp³-hybridized carbons (Fsp3) is 0.826. The first-order valence-corrected chi connectivity index (χ1v) is 12.8. The smallest absolute Gasteiger partial charge is 0.213 e. The standard InChI is InChI=1S/C23H39N5O10/c29-20(30)13-24-5-6-25(14-21(31)32)9-10-27(16-23(35)36)19(12-26(8-7-24)15-22(33)34)11-17-1-3-18(4-2-17)28(37)38/h17-19H,1-16H2,(H,29,30)(H,31,32)(H,33,34)(H,35,36)/p-4. The van der Waals surface area contributed by atoms with Crippen LogP contribution in [0.4, 0.5) is 0 Å². The monoisotopic (exact) mass is 541 g/mol. The van der Waals surface area contributed by atoms with Crippen LogP contribution in [0.1, 0.15) is 32.1 Å². The Balaban J connectivity index is 2.31. The van der Waals surface area contributed by atoms with Gasteiger partial charge in [-0.15, -0.1) is 0 Å². The molecule has 0 aromatic carbocycles. The van der Waals surface area contributed by atoms with E-state index in [2.05, 4.69) is 0 Å². The lowest BCUT2D eigenvalue weighted by atomic mass is 9.82. The highest BCUT2D eigenvalue weighted by Crippen LogP contribution is 2.30. The molecule has 0 radical (unpaired) electrons. The number of aliphatic carboxylic acids is 4. The summed E-state index contributed by atoms with van der Waals surface area (Å²) in [4.78, 5) is 62.8. The molecule has 2 aliphatic rings. The number of hydrogen-bond acceptors (Lipinski definition) is 14. The first kappa shape index (κ1) is 31.3. The Kier molecular flexibility index (Phi) is 12.8. The Bertz CT molecular complexity index is 835. The van der Waals surface area contributed by atoms with E-state index in [-0.39, 0.29) is 56.7 Å². The fourth-order valence-corrected chi connectivity index (χ4v) is 5.33. The molecule has 2 fully saturated rings. The second-order valence-corrected chi connectivity index (χ2v) is 10.1. The van der Waals surface area contributed by atoms with Gasteiger partial charge in [0, 0.05) is 95.8 Å². The van der Waals surface area contributed by atoms with Crippen LogP contribution in [0.25, 0.3) is 0 Å². The Hall–Kier alpha value is -2.88. The van der Waals surface area contributed by atoms with Gasteiger partial charge >= 0.3 is 0 Å². The van der Waals surface area contributed by atoms with Crippen LogP contribution in [0.5, 0.6) is 0 Å². The van der Waals surface area contributed by atoms with Crippen LogP contribution >= 0.6 is 0 Å². The van der Waals surface area contributed by atoms with E-state index in [1.165, 1.54) is 9.80 Å². The largest absolute Gasteiger partial charge is 0.549 e. The van der Waals surface area contributed by atoms with Gasteiger partial charge in [0.15, 0.2) is 0 Å². The Labute approximate surface area is 220 Å². The number of carboxylic acid groups (broad SMARTS) is 4. The lowest BCUT2D eigenvalue weighted by Crippen LogP contribution is -2.55. The number of carbonyl (C=O) groups excluding carboxylic acids is 4. The summed E-state index contributed by atoms with van der Waals surface area (Å²) in [6.45, 7) is -0.850. The topological polar surface area (TPSA) is 217 Å². The van der Waals surface area contributed by atoms with Crippen molar-refractivity contribution in [2.24, 2.45) is 5.92 Å². The Morgan fingerprint density at radius 1 is 0.632 bits per heavy atom. The zero-order chi connectivity index (χ0) is 28.2. The molecule has 0 bridgehead atoms. The van der Waals surface area contributed by atoms with Crippen LogP contribution < -0.4 is 20.4 Å². The molecule has 1 saturated heterocycles. The molecule has 15 heteroatoms. The minimum atomic E-state index is -1.35. The maximum Gasteiger partial charge on any atom is 0.213 e. The van der Waals surface area contributed by atoms with Gasteiger partial charge in [0.05, 0.1) is 23.9 Å². The third-order valence-electron chi connectivity index (χ3n) is 7.26. The van der Waals surface area contributed by atoms with Gasteiger partial charge in [-0.2, -0.15) is 0 Å². The molecule has 38 heavy (non-hydrogen) atoms. The van der Waals surface area contributed by atoms with E-state index >= 15 is 0 Å². The van der Waals surface area contributed by atoms with Gasteiger partial charge in [0.25, 0.3) is 0 Å². The quantitative estimate of drug-likeness (QED) is 0.176. The van der Waals surface area contributed by atoms with Crippen LogP contribution in [0.3, 0.4) is 0 Å². The molecule has 0 spiro atoms. The fourth-order valence-electron chi connectivity index (χ4n) is 5.33. The van der Waals surface area contributed by atoms with E-state index < -0.39 is 62.1 Å². The van der Waals surface area contributed by atoms with Crippen molar-refractivity contribution in [1.29, 1.82) is 0 Å². The average Bonchev–Trinajstić information content (AvgIpc) is 2.80. The van der Waals surface area contributed by atoms with E-state index in [1.807, 2.05) is 0 Å². The van der Waals surface area contributed by atoms with Crippen molar-refractivity contribution in [1.82, 2.24) is 19.6 Å². The van der Waals surface area contributed by atoms with E-state index in [9.17, 15) is 49.7 Å². The molecule has 2 rings (SSSR count). The summed E-state index contributed by atoms with van der Waals surface area (Å²) in [7, 11) is 0. The van der Waals surface area contributed by atoms with Crippen molar-refractivity contribution in [2.75, 3.05) is 72.0 Å². The molecule has 1 heterocycles. The first-order chi connectivity index (χ1) is 17.9. The number of nitro groups is 1. The zero-order valence-corrected chi connectivity index (χ0v) is 21.4. The van der Waals surface area contributed by atoms with Crippen molar-refractivity contribution in [3.05, 3.63) is 10.1 Å². The van der Waals surface area contributed by atoms with Gasteiger partial charge in [0.2, 0.25) is 6.04 Å². The third-order valence-corrected chi connectivity index (χ3v) is 7.26. The van der Waals surface area contributed by atoms with Crippen LogP contribution in [-0.4, -0.2) is 132 Å². The SMILES string of the molecule is O=C([O-])CN1CCN(CC(=O)[O-])CCN(CC(=O)[O-])C(CC2CCC([N+](=O)[O-])CC2)CN(CC(=O)[O-])CC1. The number of nitrogens with zero attached hydrogens (tertiary/aromatic N) is 5. The number of carboxylic acids is 4. The van der Waals surface area contributed by atoms with Gasteiger partial charge in [-0.1, -0.05) is 0 Å². The van der Waals surface area contributed by atoms with Gasteiger partial charge in [0.1, 0.15) is 0 Å². The summed E-state index contributed by atoms with van der Waals surface area (Å²) >= 11 is 0. The molecule has 0 aromatic heterocycles. The van der Waals surface area contributed by atoms with Gasteiger partial charge in [-0.3, -0.25) is 29.7 Å². The lowest BCUT2D eigenvalue weighted by molar-refractivity contribution is -0.527. The highest BCUT2D eigenvalue weighted by atomic mass is 16.6. The molecule has 15 nitrogen and oxygen atoms in total. The molecule has 0 aromatic rings. The van der Waals surface area contributed by atoms with Crippen molar-refractivity contribution in [3.63, 3.8) is 0 Å². The average molecular weight is 542 g/mol. The summed E-state index contributed by atoms with van der Waals surface area (Å²) in [6, 6.07) is -1.10. The molecule has 1 aliphatic carbocycles. The Morgan fingerprint density at radius 3 is 1.50 bits per heavy atom.